The number of aliphatic hydroxyl groups excluding tert-OH is 1. The van der Waals surface area contributed by atoms with E-state index in [4.69, 9.17) is 9.47 Å². The van der Waals surface area contributed by atoms with Crippen molar-refractivity contribution < 1.29 is 14.6 Å². The van der Waals surface area contributed by atoms with Crippen LogP contribution in [0.5, 0.6) is 11.5 Å². The fraction of sp³-hybridized carbons (Fsp3) is 0.300. The van der Waals surface area contributed by atoms with Crippen LogP contribution in [0.2, 0.25) is 0 Å². The first-order valence-electron chi connectivity index (χ1n) is 8.79. The average Bonchev–Trinajstić information content (AvgIpc) is 3.14. The smallest absolute Gasteiger partial charge is 0.210 e. The highest BCUT2D eigenvalue weighted by molar-refractivity contribution is 8.01. The Hall–Kier alpha value is -2.29. The SMILES string of the molecule is COc1ccc(Nc2nnc(SC[C@@H](O)COc3c(C)cccc3C)s2)cc1. The number of para-hydroxylation sites is 1. The summed E-state index contributed by atoms with van der Waals surface area (Å²) in [5.74, 6) is 2.13. The monoisotopic (exact) mass is 417 g/mol. The second kappa shape index (κ2) is 9.77. The molecule has 2 aromatic carbocycles. The standard InChI is InChI=1S/C20H23N3O3S2/c1-13-5-4-6-14(2)18(13)26-11-16(24)12-27-20-23-22-19(28-20)21-15-7-9-17(25-3)10-8-15/h4-10,16,24H,11-12H2,1-3H3,(H,21,22)/t16-/m0/s1. The minimum atomic E-state index is -0.592. The molecule has 1 aromatic heterocycles. The molecule has 1 heterocycles. The van der Waals surface area contributed by atoms with Gasteiger partial charge in [-0.05, 0) is 49.2 Å². The van der Waals surface area contributed by atoms with Crippen molar-refractivity contribution in [1.82, 2.24) is 10.2 Å². The Morgan fingerprint density at radius 3 is 2.50 bits per heavy atom. The molecule has 2 N–H and O–H groups in total. The molecule has 0 aliphatic rings. The maximum atomic E-state index is 10.2. The molecule has 1 atom stereocenters. The quantitative estimate of drug-likeness (QED) is 0.499. The van der Waals surface area contributed by atoms with E-state index in [0.29, 0.717) is 10.9 Å². The van der Waals surface area contributed by atoms with E-state index in [9.17, 15) is 5.11 Å². The van der Waals surface area contributed by atoms with Crippen LogP contribution in [0, 0.1) is 13.8 Å². The van der Waals surface area contributed by atoms with Gasteiger partial charge in [0, 0.05) is 11.4 Å². The lowest BCUT2D eigenvalue weighted by Gasteiger charge is -2.14. The number of thioether (sulfide) groups is 1. The van der Waals surface area contributed by atoms with Crippen molar-refractivity contribution >= 4 is 33.9 Å². The van der Waals surface area contributed by atoms with E-state index in [2.05, 4.69) is 15.5 Å². The normalized spacial score (nSPS) is 11.9. The van der Waals surface area contributed by atoms with Crippen LogP contribution in [0.3, 0.4) is 0 Å². The maximum absolute atomic E-state index is 10.2. The summed E-state index contributed by atoms with van der Waals surface area (Å²) in [5.41, 5.74) is 3.05. The van der Waals surface area contributed by atoms with Crippen molar-refractivity contribution in [3.63, 3.8) is 0 Å². The number of nitrogens with zero attached hydrogens (tertiary/aromatic N) is 2. The van der Waals surface area contributed by atoms with Crippen LogP contribution in [0.25, 0.3) is 0 Å². The van der Waals surface area contributed by atoms with Gasteiger partial charge in [0.2, 0.25) is 5.13 Å². The molecule has 0 saturated heterocycles. The topological polar surface area (TPSA) is 76.5 Å². The van der Waals surface area contributed by atoms with Gasteiger partial charge in [0.1, 0.15) is 18.1 Å². The van der Waals surface area contributed by atoms with Gasteiger partial charge < -0.3 is 19.9 Å². The summed E-state index contributed by atoms with van der Waals surface area (Å²) < 4.78 is 11.7. The van der Waals surface area contributed by atoms with E-state index in [1.54, 1.807) is 7.11 Å². The number of hydrogen-bond donors (Lipinski definition) is 2. The summed E-state index contributed by atoms with van der Waals surface area (Å²) in [4.78, 5) is 0. The molecule has 0 bridgehead atoms. The number of hydrogen-bond acceptors (Lipinski definition) is 8. The Morgan fingerprint density at radius 2 is 1.82 bits per heavy atom. The van der Waals surface area contributed by atoms with Crippen molar-refractivity contribution in [2.45, 2.75) is 24.3 Å². The zero-order valence-corrected chi connectivity index (χ0v) is 17.6. The van der Waals surface area contributed by atoms with Gasteiger partial charge in [0.05, 0.1) is 13.2 Å². The van der Waals surface area contributed by atoms with Gasteiger partial charge in [-0.1, -0.05) is 41.3 Å². The van der Waals surface area contributed by atoms with Crippen LogP contribution < -0.4 is 14.8 Å². The molecule has 3 aromatic rings. The number of nitrogens with one attached hydrogen (secondary N) is 1. The molecule has 8 heteroatoms. The van der Waals surface area contributed by atoms with Crippen LogP contribution in [-0.4, -0.2) is 40.9 Å². The molecule has 28 heavy (non-hydrogen) atoms. The highest BCUT2D eigenvalue weighted by Crippen LogP contribution is 2.29. The molecular weight excluding hydrogens is 394 g/mol. The van der Waals surface area contributed by atoms with Crippen molar-refractivity contribution in [2.24, 2.45) is 0 Å². The first kappa shape index (κ1) is 20.4. The van der Waals surface area contributed by atoms with Crippen LogP contribution in [0.4, 0.5) is 10.8 Å². The van der Waals surface area contributed by atoms with Gasteiger partial charge in [0.15, 0.2) is 4.34 Å². The number of aryl methyl sites for hydroxylation is 2. The van der Waals surface area contributed by atoms with E-state index >= 15 is 0 Å². The number of aliphatic hydroxyl groups is 1. The van der Waals surface area contributed by atoms with Gasteiger partial charge >= 0.3 is 0 Å². The van der Waals surface area contributed by atoms with Crippen molar-refractivity contribution in [3.8, 4) is 11.5 Å². The highest BCUT2D eigenvalue weighted by atomic mass is 32.2. The second-order valence-corrected chi connectivity index (χ2v) is 8.47. The zero-order valence-electron chi connectivity index (χ0n) is 16.0. The molecular formula is C20H23N3O3S2. The van der Waals surface area contributed by atoms with Crippen LogP contribution in [-0.2, 0) is 0 Å². The third-order valence-corrected chi connectivity index (χ3v) is 6.09. The van der Waals surface area contributed by atoms with Gasteiger partial charge in [-0.3, -0.25) is 0 Å². The molecule has 3 rings (SSSR count). The molecule has 0 amide bonds. The molecule has 0 saturated carbocycles. The Bertz CT molecular complexity index is 880. The minimum Gasteiger partial charge on any atom is -0.497 e. The summed E-state index contributed by atoms with van der Waals surface area (Å²) in [6, 6.07) is 13.6. The number of benzene rings is 2. The summed E-state index contributed by atoms with van der Waals surface area (Å²) in [5, 5.41) is 22.4. The van der Waals surface area contributed by atoms with E-state index in [0.717, 1.165) is 32.7 Å². The first-order chi connectivity index (χ1) is 13.5. The van der Waals surface area contributed by atoms with Crippen molar-refractivity contribution in [1.29, 1.82) is 0 Å². The number of aromatic nitrogens is 2. The Morgan fingerprint density at radius 1 is 1.11 bits per heavy atom. The molecule has 0 radical (unpaired) electrons. The van der Waals surface area contributed by atoms with E-state index < -0.39 is 6.10 Å². The number of methoxy groups -OCH3 is 1. The lowest BCUT2D eigenvalue weighted by molar-refractivity contribution is 0.125. The first-order valence-corrected chi connectivity index (χ1v) is 10.6. The van der Waals surface area contributed by atoms with Gasteiger partial charge in [-0.25, -0.2) is 0 Å². The average molecular weight is 418 g/mol. The summed E-state index contributed by atoms with van der Waals surface area (Å²) in [6.07, 6.45) is -0.592. The van der Waals surface area contributed by atoms with Crippen LogP contribution in [0.15, 0.2) is 46.8 Å². The molecule has 0 fully saturated rings. The minimum absolute atomic E-state index is 0.244. The Balaban J connectivity index is 1.47. The molecule has 0 aliphatic heterocycles. The maximum Gasteiger partial charge on any atom is 0.210 e. The number of rotatable bonds is 9. The largest absolute Gasteiger partial charge is 0.497 e. The van der Waals surface area contributed by atoms with E-state index in [1.165, 1.54) is 23.1 Å². The molecule has 0 aliphatic carbocycles. The molecule has 0 spiro atoms. The Labute approximate surface area is 172 Å². The van der Waals surface area contributed by atoms with Crippen LogP contribution in [0.1, 0.15) is 11.1 Å². The molecule has 6 nitrogen and oxygen atoms in total. The van der Waals surface area contributed by atoms with Gasteiger partial charge in [-0.2, -0.15) is 0 Å². The lowest BCUT2D eigenvalue weighted by atomic mass is 10.1. The summed E-state index contributed by atoms with van der Waals surface area (Å²) in [6.45, 7) is 4.25. The molecule has 0 unspecified atom stereocenters. The second-order valence-electron chi connectivity index (χ2n) is 6.22. The van der Waals surface area contributed by atoms with Crippen molar-refractivity contribution in [3.05, 3.63) is 53.6 Å². The molecule has 148 valence electrons. The number of anilines is 2. The summed E-state index contributed by atoms with van der Waals surface area (Å²) >= 11 is 2.91. The van der Waals surface area contributed by atoms with E-state index in [-0.39, 0.29) is 6.61 Å². The third kappa shape index (κ3) is 5.60. The predicted molar refractivity (Wildman–Crippen MR) is 114 cm³/mol. The lowest BCUT2D eigenvalue weighted by Crippen LogP contribution is -2.20. The van der Waals surface area contributed by atoms with E-state index in [1.807, 2.05) is 56.3 Å². The van der Waals surface area contributed by atoms with Gasteiger partial charge in [-0.15, -0.1) is 10.2 Å². The fourth-order valence-corrected chi connectivity index (χ4v) is 4.24. The van der Waals surface area contributed by atoms with Crippen LogP contribution >= 0.6 is 23.1 Å². The fourth-order valence-electron chi connectivity index (χ4n) is 2.54. The zero-order chi connectivity index (χ0) is 19.9. The van der Waals surface area contributed by atoms with Gasteiger partial charge in [0.25, 0.3) is 0 Å². The summed E-state index contributed by atoms with van der Waals surface area (Å²) in [7, 11) is 1.64. The van der Waals surface area contributed by atoms with Crippen molar-refractivity contribution in [2.75, 3.05) is 24.8 Å². The third-order valence-electron chi connectivity index (χ3n) is 3.98. The predicted octanol–water partition coefficient (Wildman–Crippen LogP) is 4.44. The number of ether oxygens (including phenoxy) is 2. The Kier molecular flexibility index (Phi) is 7.13. The highest BCUT2D eigenvalue weighted by Gasteiger charge is 2.12.